The Morgan fingerprint density at radius 3 is 2.28 bits per heavy atom. The van der Waals surface area contributed by atoms with Gasteiger partial charge in [-0.1, -0.05) is 12.2 Å². The first kappa shape index (κ1) is 13.1. The van der Waals surface area contributed by atoms with Crippen molar-refractivity contribution in [3.63, 3.8) is 0 Å². The van der Waals surface area contributed by atoms with Crippen LogP contribution in [0.1, 0.15) is 38.5 Å². The van der Waals surface area contributed by atoms with E-state index in [2.05, 4.69) is 12.2 Å². The van der Waals surface area contributed by atoms with Gasteiger partial charge in [-0.05, 0) is 55.2 Å². The van der Waals surface area contributed by atoms with Gasteiger partial charge in [-0.25, -0.2) is 4.79 Å². The fourth-order valence-corrected chi connectivity index (χ4v) is 2.53. The van der Waals surface area contributed by atoms with E-state index < -0.39 is 0 Å². The van der Waals surface area contributed by atoms with Gasteiger partial charge < -0.3 is 9.84 Å². The Morgan fingerprint density at radius 2 is 1.83 bits per heavy atom. The van der Waals surface area contributed by atoms with Gasteiger partial charge in [-0.2, -0.15) is 0 Å². The zero-order chi connectivity index (χ0) is 12.8. The number of allylic oxidation sites excluding steroid dienone is 5. The number of hydrogen-bond acceptors (Lipinski definition) is 3. The number of esters is 1. The molecule has 2 aliphatic rings. The summed E-state index contributed by atoms with van der Waals surface area (Å²) in [6, 6.07) is 0. The van der Waals surface area contributed by atoms with Gasteiger partial charge in [-0.3, -0.25) is 0 Å². The molecule has 1 N–H and O–H groups in total. The molecule has 0 aromatic rings. The lowest BCUT2D eigenvalue weighted by atomic mass is 9.96. The van der Waals surface area contributed by atoms with Gasteiger partial charge in [0.15, 0.2) is 0 Å². The summed E-state index contributed by atoms with van der Waals surface area (Å²) in [5.41, 5.74) is 3.63. The third-order valence-electron chi connectivity index (χ3n) is 3.37. The van der Waals surface area contributed by atoms with Gasteiger partial charge in [0.1, 0.15) is 6.61 Å². The number of carbonyl (C=O) groups is 1. The summed E-state index contributed by atoms with van der Waals surface area (Å²) >= 11 is 0. The number of carbonyl (C=O) groups excluding carboxylic acids is 1. The SMILES string of the molecule is O=C(C=C(C1=CCCC1)C1=CCCC1)OCCO. The van der Waals surface area contributed by atoms with Crippen molar-refractivity contribution < 1.29 is 14.6 Å². The van der Waals surface area contributed by atoms with Crippen LogP contribution in [-0.2, 0) is 9.53 Å². The Balaban J connectivity index is 2.13. The second-order valence-corrected chi connectivity index (χ2v) is 4.69. The molecule has 0 heterocycles. The van der Waals surface area contributed by atoms with E-state index >= 15 is 0 Å². The van der Waals surface area contributed by atoms with Crippen LogP contribution in [0.2, 0.25) is 0 Å². The largest absolute Gasteiger partial charge is 0.460 e. The average Bonchev–Trinajstić information content (AvgIpc) is 3.05. The van der Waals surface area contributed by atoms with Gasteiger partial charge in [-0.15, -0.1) is 0 Å². The maximum Gasteiger partial charge on any atom is 0.331 e. The summed E-state index contributed by atoms with van der Waals surface area (Å²) in [6.45, 7) is -0.0545. The molecule has 18 heavy (non-hydrogen) atoms. The highest BCUT2D eigenvalue weighted by molar-refractivity contribution is 5.85. The van der Waals surface area contributed by atoms with Crippen molar-refractivity contribution >= 4 is 5.97 Å². The highest BCUT2D eigenvalue weighted by atomic mass is 16.5. The molecule has 0 atom stereocenters. The van der Waals surface area contributed by atoms with Gasteiger partial charge >= 0.3 is 5.97 Å². The van der Waals surface area contributed by atoms with Crippen molar-refractivity contribution in [1.29, 1.82) is 0 Å². The molecular weight excluding hydrogens is 228 g/mol. The van der Waals surface area contributed by atoms with E-state index in [4.69, 9.17) is 9.84 Å². The summed E-state index contributed by atoms with van der Waals surface area (Å²) in [5, 5.41) is 8.65. The Labute approximate surface area is 108 Å². The Morgan fingerprint density at radius 1 is 1.22 bits per heavy atom. The van der Waals surface area contributed by atoms with E-state index in [1.165, 1.54) is 24.0 Å². The molecule has 0 aromatic heterocycles. The van der Waals surface area contributed by atoms with Crippen molar-refractivity contribution in [3.8, 4) is 0 Å². The fraction of sp³-hybridized carbons (Fsp3) is 0.533. The van der Waals surface area contributed by atoms with Crippen LogP contribution in [0.25, 0.3) is 0 Å². The molecule has 0 radical (unpaired) electrons. The predicted molar refractivity (Wildman–Crippen MR) is 70.0 cm³/mol. The maximum absolute atomic E-state index is 11.7. The summed E-state index contributed by atoms with van der Waals surface area (Å²) in [7, 11) is 0. The van der Waals surface area contributed by atoms with Gasteiger partial charge in [0.2, 0.25) is 0 Å². The second kappa shape index (κ2) is 6.55. The lowest BCUT2D eigenvalue weighted by Gasteiger charge is -2.10. The normalized spacial score (nSPS) is 18.3. The lowest BCUT2D eigenvalue weighted by Crippen LogP contribution is -2.07. The standard InChI is InChI=1S/C15H20O3/c16-9-10-18-15(17)11-14(12-5-1-2-6-12)13-7-3-4-8-13/h5,7,11,16H,1-4,6,8-10H2. The molecule has 2 rings (SSSR count). The third-order valence-corrected chi connectivity index (χ3v) is 3.37. The molecule has 2 aliphatic carbocycles. The number of rotatable bonds is 5. The molecule has 3 heteroatoms. The van der Waals surface area contributed by atoms with Crippen molar-refractivity contribution in [2.75, 3.05) is 13.2 Å². The summed E-state index contributed by atoms with van der Waals surface area (Å²) < 4.78 is 4.92. The minimum atomic E-state index is -0.348. The summed E-state index contributed by atoms with van der Waals surface area (Å²) in [6.07, 6.45) is 12.7. The van der Waals surface area contributed by atoms with Crippen molar-refractivity contribution in [3.05, 3.63) is 34.9 Å². The zero-order valence-corrected chi connectivity index (χ0v) is 10.7. The molecular formula is C15H20O3. The first-order chi connectivity index (χ1) is 8.81. The van der Waals surface area contributed by atoms with Crippen LogP contribution in [-0.4, -0.2) is 24.3 Å². The lowest BCUT2D eigenvalue weighted by molar-refractivity contribution is -0.138. The fourth-order valence-electron chi connectivity index (χ4n) is 2.53. The molecule has 0 aromatic carbocycles. The number of aliphatic hydroxyl groups excluding tert-OH is 1. The highest BCUT2D eigenvalue weighted by Crippen LogP contribution is 2.34. The molecule has 0 bridgehead atoms. The Kier molecular flexibility index (Phi) is 4.76. The smallest absolute Gasteiger partial charge is 0.331 e. The molecule has 0 saturated carbocycles. The highest BCUT2D eigenvalue weighted by Gasteiger charge is 2.17. The molecule has 3 nitrogen and oxygen atoms in total. The van der Waals surface area contributed by atoms with Crippen LogP contribution in [0.15, 0.2) is 34.9 Å². The molecule has 98 valence electrons. The Hall–Kier alpha value is -1.35. The monoisotopic (exact) mass is 248 g/mol. The van der Waals surface area contributed by atoms with E-state index in [0.717, 1.165) is 31.3 Å². The molecule has 0 unspecified atom stereocenters. The quantitative estimate of drug-likeness (QED) is 0.601. The summed E-state index contributed by atoms with van der Waals surface area (Å²) in [4.78, 5) is 11.7. The van der Waals surface area contributed by atoms with Gasteiger partial charge in [0.25, 0.3) is 0 Å². The molecule has 0 aliphatic heterocycles. The number of hydrogen-bond donors (Lipinski definition) is 1. The van der Waals surface area contributed by atoms with Crippen LogP contribution < -0.4 is 0 Å². The van der Waals surface area contributed by atoms with E-state index in [0.29, 0.717) is 0 Å². The third kappa shape index (κ3) is 3.33. The minimum Gasteiger partial charge on any atom is -0.460 e. The van der Waals surface area contributed by atoms with Gasteiger partial charge in [0, 0.05) is 6.08 Å². The van der Waals surface area contributed by atoms with E-state index in [-0.39, 0.29) is 19.2 Å². The average molecular weight is 248 g/mol. The number of aliphatic hydroxyl groups is 1. The van der Waals surface area contributed by atoms with E-state index in [1.807, 2.05) is 0 Å². The first-order valence-corrected chi connectivity index (χ1v) is 6.69. The van der Waals surface area contributed by atoms with Crippen LogP contribution in [0.5, 0.6) is 0 Å². The zero-order valence-electron chi connectivity index (χ0n) is 10.7. The van der Waals surface area contributed by atoms with Crippen LogP contribution in [0, 0.1) is 0 Å². The second-order valence-electron chi connectivity index (χ2n) is 4.69. The van der Waals surface area contributed by atoms with Crippen molar-refractivity contribution in [2.24, 2.45) is 0 Å². The van der Waals surface area contributed by atoms with Crippen molar-refractivity contribution in [2.45, 2.75) is 38.5 Å². The van der Waals surface area contributed by atoms with Crippen LogP contribution in [0.4, 0.5) is 0 Å². The van der Waals surface area contributed by atoms with Gasteiger partial charge in [0.05, 0.1) is 6.61 Å². The Bertz CT molecular complexity index is 376. The van der Waals surface area contributed by atoms with E-state index in [1.54, 1.807) is 6.08 Å². The summed E-state index contributed by atoms with van der Waals surface area (Å²) in [5.74, 6) is -0.348. The minimum absolute atomic E-state index is 0.0701. The van der Waals surface area contributed by atoms with Crippen LogP contribution in [0.3, 0.4) is 0 Å². The topological polar surface area (TPSA) is 46.5 Å². The molecule has 0 fully saturated rings. The first-order valence-electron chi connectivity index (χ1n) is 6.69. The molecule has 0 amide bonds. The number of ether oxygens (including phenoxy) is 1. The molecule has 0 saturated heterocycles. The maximum atomic E-state index is 11.7. The molecule has 0 spiro atoms. The van der Waals surface area contributed by atoms with Crippen LogP contribution >= 0.6 is 0 Å². The van der Waals surface area contributed by atoms with Crippen molar-refractivity contribution in [1.82, 2.24) is 0 Å². The van der Waals surface area contributed by atoms with E-state index in [9.17, 15) is 4.79 Å². The predicted octanol–water partition coefficient (Wildman–Crippen LogP) is 2.67.